The molecule has 0 bridgehead atoms. The predicted octanol–water partition coefficient (Wildman–Crippen LogP) is 0.991. The molecule has 1 aromatic heterocycles. The summed E-state index contributed by atoms with van der Waals surface area (Å²) in [4.78, 5) is 23.2. The molecule has 1 amide bonds. The highest BCUT2D eigenvalue weighted by Crippen LogP contribution is 2.21. The van der Waals surface area contributed by atoms with Gasteiger partial charge in [0.1, 0.15) is 6.61 Å². The van der Waals surface area contributed by atoms with Crippen LogP contribution in [0.25, 0.3) is 0 Å². The largest absolute Gasteiger partial charge is 0.463 e. The molecule has 0 saturated heterocycles. The lowest BCUT2D eigenvalue weighted by molar-refractivity contribution is -0.153. The molecule has 20 heavy (non-hydrogen) atoms. The summed E-state index contributed by atoms with van der Waals surface area (Å²) in [6.45, 7) is 5.97. The fourth-order valence-corrected chi connectivity index (χ4v) is 1.65. The van der Waals surface area contributed by atoms with Gasteiger partial charge in [-0.2, -0.15) is 0 Å². The molecule has 8 nitrogen and oxygen atoms in total. The molecule has 0 aromatic carbocycles. The lowest BCUT2D eigenvalue weighted by Gasteiger charge is -2.20. The van der Waals surface area contributed by atoms with Crippen LogP contribution in [-0.2, 0) is 16.6 Å². The van der Waals surface area contributed by atoms with Gasteiger partial charge in [0.05, 0.1) is 12.0 Å². The zero-order chi connectivity index (χ0) is 15.2. The first-order valence-corrected chi connectivity index (χ1v) is 7.03. The second kappa shape index (κ2) is 7.22. The summed E-state index contributed by atoms with van der Waals surface area (Å²) in [7, 11) is 1.64. The molecule has 1 N–H and O–H groups in total. The van der Waals surface area contributed by atoms with Crippen LogP contribution in [0, 0.1) is 5.41 Å². The average Bonchev–Trinajstić information content (AvgIpc) is 2.80. The third kappa shape index (κ3) is 4.80. The minimum atomic E-state index is -0.497. The average molecular weight is 301 g/mol. The number of ether oxygens (including phenoxy) is 1. The highest BCUT2D eigenvalue weighted by atomic mass is 32.2. The van der Waals surface area contributed by atoms with E-state index in [1.807, 2.05) is 20.8 Å². The molecule has 1 rings (SSSR count). The van der Waals surface area contributed by atoms with E-state index in [0.717, 1.165) is 11.8 Å². The first-order valence-electron chi connectivity index (χ1n) is 6.22. The number of aryl methyl sites for hydroxylation is 1. The van der Waals surface area contributed by atoms with E-state index in [0.29, 0.717) is 11.6 Å². The highest BCUT2D eigenvalue weighted by Gasteiger charge is 2.26. The highest BCUT2D eigenvalue weighted by molar-refractivity contribution is 8.13. The van der Waals surface area contributed by atoms with Crippen LogP contribution in [0.15, 0.2) is 5.16 Å². The van der Waals surface area contributed by atoms with Crippen molar-refractivity contribution in [3.05, 3.63) is 0 Å². The van der Waals surface area contributed by atoms with Crippen molar-refractivity contribution in [2.45, 2.75) is 32.3 Å². The maximum absolute atomic E-state index is 11.7. The number of aromatic nitrogens is 4. The molecule has 0 aliphatic carbocycles. The molecular weight excluding hydrogens is 282 g/mol. The van der Waals surface area contributed by atoms with Crippen molar-refractivity contribution < 1.29 is 14.3 Å². The Hall–Kier alpha value is -1.64. The number of carbonyl (C=O) groups excluding carboxylic acids is 2. The van der Waals surface area contributed by atoms with E-state index in [4.69, 9.17) is 4.74 Å². The minimum absolute atomic E-state index is 0.144. The fraction of sp³-hybridized carbons (Fsp3) is 0.727. The molecular formula is C11H19N5O3S. The van der Waals surface area contributed by atoms with Gasteiger partial charge in [-0.25, -0.2) is 4.68 Å². The van der Waals surface area contributed by atoms with Gasteiger partial charge >= 0.3 is 5.97 Å². The molecule has 1 aromatic rings. The Morgan fingerprint density at radius 3 is 2.70 bits per heavy atom. The molecule has 0 aliphatic heterocycles. The Morgan fingerprint density at radius 1 is 1.45 bits per heavy atom. The van der Waals surface area contributed by atoms with Gasteiger partial charge in [-0.05, 0) is 30.7 Å². The summed E-state index contributed by atoms with van der Waals surface area (Å²) >= 11 is 0.882. The van der Waals surface area contributed by atoms with Gasteiger partial charge in [0.2, 0.25) is 5.16 Å². The SMILES string of the molecule is CCC(C)(C)C(=O)OCCNC(=O)Sc1nnnn1C. The van der Waals surface area contributed by atoms with Crippen molar-refractivity contribution in [2.24, 2.45) is 12.5 Å². The van der Waals surface area contributed by atoms with E-state index in [9.17, 15) is 9.59 Å². The summed E-state index contributed by atoms with van der Waals surface area (Å²) in [6.07, 6.45) is 0.702. The van der Waals surface area contributed by atoms with Crippen LogP contribution in [-0.4, -0.2) is 44.6 Å². The second-order valence-electron chi connectivity index (χ2n) is 4.77. The van der Waals surface area contributed by atoms with Crippen molar-refractivity contribution in [3.8, 4) is 0 Å². The number of thioether (sulfide) groups is 1. The molecule has 0 spiro atoms. The van der Waals surface area contributed by atoms with Crippen LogP contribution in [0.1, 0.15) is 27.2 Å². The standard InChI is InChI=1S/C11H19N5O3S/c1-5-11(2,3)8(17)19-7-6-12-10(18)20-9-13-14-15-16(9)4/h5-7H2,1-4H3,(H,12,18). The summed E-state index contributed by atoms with van der Waals surface area (Å²) in [5, 5.41) is 13.4. The number of tetrazole rings is 1. The zero-order valence-corrected chi connectivity index (χ0v) is 12.9. The van der Waals surface area contributed by atoms with E-state index in [1.54, 1.807) is 7.05 Å². The molecule has 0 radical (unpaired) electrons. The number of esters is 1. The van der Waals surface area contributed by atoms with Gasteiger partial charge in [0.25, 0.3) is 5.24 Å². The van der Waals surface area contributed by atoms with Crippen molar-refractivity contribution in [1.29, 1.82) is 0 Å². The number of rotatable bonds is 6. The van der Waals surface area contributed by atoms with Gasteiger partial charge < -0.3 is 10.1 Å². The molecule has 112 valence electrons. The lowest BCUT2D eigenvalue weighted by atomic mass is 9.91. The number of nitrogens with one attached hydrogen (secondary N) is 1. The Labute approximate surface area is 121 Å². The van der Waals surface area contributed by atoms with Crippen LogP contribution >= 0.6 is 11.8 Å². The van der Waals surface area contributed by atoms with Gasteiger partial charge in [-0.1, -0.05) is 6.92 Å². The fourth-order valence-electron chi connectivity index (χ4n) is 1.06. The van der Waals surface area contributed by atoms with Crippen molar-refractivity contribution >= 4 is 23.0 Å². The molecule has 9 heteroatoms. The van der Waals surface area contributed by atoms with E-state index in [1.165, 1.54) is 4.68 Å². The van der Waals surface area contributed by atoms with E-state index in [2.05, 4.69) is 20.8 Å². The normalized spacial score (nSPS) is 11.2. The van der Waals surface area contributed by atoms with E-state index in [-0.39, 0.29) is 24.4 Å². The summed E-state index contributed by atoms with van der Waals surface area (Å²) in [5.74, 6) is -0.264. The molecule has 0 unspecified atom stereocenters. The predicted molar refractivity (Wildman–Crippen MR) is 73.1 cm³/mol. The van der Waals surface area contributed by atoms with Gasteiger partial charge in [-0.3, -0.25) is 9.59 Å². The molecule has 0 saturated carbocycles. The van der Waals surface area contributed by atoms with Gasteiger partial charge in [0.15, 0.2) is 0 Å². The van der Waals surface area contributed by atoms with Crippen LogP contribution in [0.3, 0.4) is 0 Å². The van der Waals surface area contributed by atoms with Crippen molar-refractivity contribution in [1.82, 2.24) is 25.5 Å². The van der Waals surface area contributed by atoms with Crippen molar-refractivity contribution in [3.63, 3.8) is 0 Å². The first kappa shape index (κ1) is 16.4. The number of hydrogen-bond acceptors (Lipinski definition) is 7. The van der Waals surface area contributed by atoms with Crippen LogP contribution in [0.4, 0.5) is 4.79 Å². The number of amides is 1. The maximum Gasteiger partial charge on any atom is 0.311 e. The van der Waals surface area contributed by atoms with E-state index < -0.39 is 5.41 Å². The van der Waals surface area contributed by atoms with E-state index >= 15 is 0 Å². The van der Waals surface area contributed by atoms with Crippen molar-refractivity contribution in [2.75, 3.05) is 13.2 Å². The molecule has 0 aliphatic rings. The lowest BCUT2D eigenvalue weighted by Crippen LogP contribution is -2.30. The van der Waals surface area contributed by atoms with Crippen LogP contribution < -0.4 is 5.32 Å². The third-order valence-corrected chi connectivity index (χ3v) is 3.66. The second-order valence-corrected chi connectivity index (χ2v) is 5.71. The smallest absolute Gasteiger partial charge is 0.311 e. The topological polar surface area (TPSA) is 99.0 Å². The number of hydrogen-bond donors (Lipinski definition) is 1. The summed E-state index contributed by atoms with van der Waals surface area (Å²) < 4.78 is 6.50. The van der Waals surface area contributed by atoms with Gasteiger partial charge in [-0.15, -0.1) is 5.10 Å². The van der Waals surface area contributed by atoms with Crippen LogP contribution in [0.2, 0.25) is 0 Å². The monoisotopic (exact) mass is 301 g/mol. The Morgan fingerprint density at radius 2 is 2.15 bits per heavy atom. The Kier molecular flexibility index (Phi) is 5.93. The molecule has 0 fully saturated rings. The van der Waals surface area contributed by atoms with Gasteiger partial charge in [0, 0.05) is 18.8 Å². The summed E-state index contributed by atoms with van der Waals surface area (Å²) in [5.41, 5.74) is -0.497. The Bertz CT molecular complexity index is 474. The quantitative estimate of drug-likeness (QED) is 0.475. The number of nitrogens with zero attached hydrogens (tertiary/aromatic N) is 4. The third-order valence-electron chi connectivity index (χ3n) is 2.81. The number of carbonyl (C=O) groups is 2. The summed E-state index contributed by atoms with van der Waals surface area (Å²) in [6, 6.07) is 0. The minimum Gasteiger partial charge on any atom is -0.463 e. The molecule has 0 atom stereocenters. The zero-order valence-electron chi connectivity index (χ0n) is 12.0. The Balaban J connectivity index is 2.23. The van der Waals surface area contributed by atoms with Crippen LogP contribution in [0.5, 0.6) is 0 Å². The first-order chi connectivity index (χ1) is 9.36. The molecule has 1 heterocycles. The maximum atomic E-state index is 11.7.